The van der Waals surface area contributed by atoms with Gasteiger partial charge in [0.05, 0.1) is 13.2 Å². The number of likely N-dealkylation sites (tertiary alicyclic amines) is 1. The van der Waals surface area contributed by atoms with Crippen molar-refractivity contribution in [2.75, 3.05) is 45.9 Å². The Kier molecular flexibility index (Phi) is 5.92. The van der Waals surface area contributed by atoms with Crippen LogP contribution in [0, 0.1) is 0 Å². The number of halogens is 1. The highest BCUT2D eigenvalue weighted by Gasteiger charge is 2.27. The largest absolute Gasteiger partial charge is 0.379 e. The van der Waals surface area contributed by atoms with Crippen molar-refractivity contribution in [2.24, 2.45) is 0 Å². The normalized spacial score (nSPS) is 22.5. The van der Waals surface area contributed by atoms with Crippen LogP contribution < -0.4 is 0 Å². The van der Waals surface area contributed by atoms with Crippen molar-refractivity contribution in [1.29, 1.82) is 0 Å². The molecular formula is C18H25ClN2O2. The molecule has 0 aliphatic carbocycles. The van der Waals surface area contributed by atoms with E-state index in [-0.39, 0.29) is 0 Å². The van der Waals surface area contributed by atoms with Crippen LogP contribution in [0.15, 0.2) is 24.3 Å². The Morgan fingerprint density at radius 3 is 2.87 bits per heavy atom. The summed E-state index contributed by atoms with van der Waals surface area (Å²) < 4.78 is 5.34. The Balaban J connectivity index is 1.42. The molecule has 0 bridgehead atoms. The highest BCUT2D eigenvalue weighted by Crippen LogP contribution is 2.29. The first kappa shape index (κ1) is 16.7. The number of hydrogen-bond donors (Lipinski definition) is 0. The van der Waals surface area contributed by atoms with E-state index in [0.717, 1.165) is 63.8 Å². The van der Waals surface area contributed by atoms with Gasteiger partial charge in [-0.05, 0) is 37.1 Å². The van der Waals surface area contributed by atoms with Crippen LogP contribution in [0.1, 0.15) is 30.7 Å². The van der Waals surface area contributed by atoms with E-state index in [2.05, 4.69) is 11.0 Å². The molecule has 5 heteroatoms. The average molecular weight is 337 g/mol. The number of benzene rings is 1. The lowest BCUT2D eigenvalue weighted by molar-refractivity contribution is -0.130. The van der Waals surface area contributed by atoms with Crippen LogP contribution in [0.2, 0.25) is 5.02 Å². The third-order valence-corrected chi connectivity index (χ3v) is 5.06. The molecule has 2 aliphatic heterocycles. The molecule has 23 heavy (non-hydrogen) atoms. The predicted octanol–water partition coefficient (Wildman–Crippen LogP) is 2.77. The maximum Gasteiger partial charge on any atom is 0.222 e. The number of amides is 1. The van der Waals surface area contributed by atoms with Crippen LogP contribution in [-0.4, -0.2) is 61.6 Å². The minimum atomic E-state index is 0.294. The Morgan fingerprint density at radius 2 is 2.09 bits per heavy atom. The first-order valence-corrected chi connectivity index (χ1v) is 8.93. The Hall–Kier alpha value is -1.10. The van der Waals surface area contributed by atoms with Gasteiger partial charge in [0, 0.05) is 43.5 Å². The van der Waals surface area contributed by atoms with Crippen molar-refractivity contribution in [1.82, 2.24) is 9.80 Å². The summed E-state index contributed by atoms with van der Waals surface area (Å²) in [7, 11) is 0. The molecular weight excluding hydrogens is 312 g/mol. The third kappa shape index (κ3) is 4.69. The summed E-state index contributed by atoms with van der Waals surface area (Å²) in [5.74, 6) is 0.722. The fraction of sp³-hybridized carbons (Fsp3) is 0.611. The van der Waals surface area contributed by atoms with Crippen LogP contribution >= 0.6 is 11.6 Å². The maximum absolute atomic E-state index is 12.4. The molecule has 1 aromatic rings. The number of hydrogen-bond acceptors (Lipinski definition) is 3. The van der Waals surface area contributed by atoms with Gasteiger partial charge in [-0.25, -0.2) is 0 Å². The third-order valence-electron chi connectivity index (χ3n) is 4.83. The molecule has 0 unspecified atom stereocenters. The molecule has 126 valence electrons. The van der Waals surface area contributed by atoms with Gasteiger partial charge < -0.3 is 9.64 Å². The molecule has 2 heterocycles. The van der Waals surface area contributed by atoms with E-state index in [1.54, 1.807) is 0 Å². The summed E-state index contributed by atoms with van der Waals surface area (Å²) in [6.07, 6.45) is 2.63. The van der Waals surface area contributed by atoms with Gasteiger partial charge in [0.15, 0.2) is 0 Å². The van der Waals surface area contributed by atoms with Crippen molar-refractivity contribution >= 4 is 17.5 Å². The smallest absolute Gasteiger partial charge is 0.222 e. The zero-order valence-electron chi connectivity index (χ0n) is 13.5. The van der Waals surface area contributed by atoms with Crippen molar-refractivity contribution in [3.05, 3.63) is 34.9 Å². The van der Waals surface area contributed by atoms with Crippen LogP contribution in [0.4, 0.5) is 0 Å². The SMILES string of the molecule is O=C(CCCN1CCOCC1)N1CC[C@@H](c2cccc(Cl)c2)C1. The van der Waals surface area contributed by atoms with Gasteiger partial charge in [-0.2, -0.15) is 0 Å². The lowest BCUT2D eigenvalue weighted by Crippen LogP contribution is -2.37. The number of carbonyl (C=O) groups excluding carboxylic acids is 1. The van der Waals surface area contributed by atoms with Gasteiger partial charge in [-0.15, -0.1) is 0 Å². The molecule has 0 saturated carbocycles. The summed E-state index contributed by atoms with van der Waals surface area (Å²) >= 11 is 6.07. The van der Waals surface area contributed by atoms with E-state index >= 15 is 0 Å². The number of carbonyl (C=O) groups is 1. The molecule has 0 N–H and O–H groups in total. The summed E-state index contributed by atoms with van der Waals surface area (Å²) in [6, 6.07) is 8.03. The van der Waals surface area contributed by atoms with Gasteiger partial charge in [-0.1, -0.05) is 23.7 Å². The highest BCUT2D eigenvalue weighted by molar-refractivity contribution is 6.30. The first-order chi connectivity index (χ1) is 11.2. The topological polar surface area (TPSA) is 32.8 Å². The molecule has 0 radical (unpaired) electrons. The van der Waals surface area contributed by atoms with E-state index in [1.165, 1.54) is 5.56 Å². The quantitative estimate of drug-likeness (QED) is 0.829. The summed E-state index contributed by atoms with van der Waals surface area (Å²) in [5, 5.41) is 0.776. The van der Waals surface area contributed by atoms with Crippen molar-refractivity contribution in [3.63, 3.8) is 0 Å². The van der Waals surface area contributed by atoms with E-state index in [9.17, 15) is 4.79 Å². The average Bonchev–Trinajstić information content (AvgIpc) is 3.06. The number of morpholine rings is 1. The standard InChI is InChI=1S/C18H25ClN2O2/c19-17-4-1-3-15(13-17)16-6-8-21(14-16)18(22)5-2-7-20-9-11-23-12-10-20/h1,3-4,13,16H,2,5-12,14H2/t16-/m1/s1. The summed E-state index contributed by atoms with van der Waals surface area (Å²) in [5.41, 5.74) is 1.25. The Morgan fingerprint density at radius 1 is 1.26 bits per heavy atom. The molecule has 1 atom stereocenters. The minimum absolute atomic E-state index is 0.294. The van der Waals surface area contributed by atoms with Crippen LogP contribution in [0.5, 0.6) is 0 Å². The van der Waals surface area contributed by atoms with Gasteiger partial charge >= 0.3 is 0 Å². The Labute approximate surface area is 143 Å². The minimum Gasteiger partial charge on any atom is -0.379 e. The van der Waals surface area contributed by atoms with E-state index in [4.69, 9.17) is 16.3 Å². The monoisotopic (exact) mass is 336 g/mol. The summed E-state index contributed by atoms with van der Waals surface area (Å²) in [6.45, 7) is 6.33. The molecule has 1 amide bonds. The molecule has 1 aromatic carbocycles. The van der Waals surface area contributed by atoms with E-state index in [1.807, 2.05) is 23.1 Å². The van der Waals surface area contributed by atoms with Crippen LogP contribution in [0.25, 0.3) is 0 Å². The fourth-order valence-electron chi connectivity index (χ4n) is 3.46. The lowest BCUT2D eigenvalue weighted by atomic mass is 9.99. The second-order valence-electron chi connectivity index (χ2n) is 6.44. The van der Waals surface area contributed by atoms with Crippen LogP contribution in [0.3, 0.4) is 0 Å². The molecule has 0 spiro atoms. The second-order valence-corrected chi connectivity index (χ2v) is 6.87. The van der Waals surface area contributed by atoms with Crippen LogP contribution in [-0.2, 0) is 9.53 Å². The number of ether oxygens (including phenoxy) is 1. The van der Waals surface area contributed by atoms with Gasteiger partial charge in [0.2, 0.25) is 5.91 Å². The predicted molar refractivity (Wildman–Crippen MR) is 91.9 cm³/mol. The second kappa shape index (κ2) is 8.13. The van der Waals surface area contributed by atoms with Gasteiger partial charge in [0.1, 0.15) is 0 Å². The number of rotatable bonds is 5. The molecule has 0 aromatic heterocycles. The Bertz CT molecular complexity index is 532. The zero-order valence-corrected chi connectivity index (χ0v) is 14.3. The first-order valence-electron chi connectivity index (χ1n) is 8.56. The highest BCUT2D eigenvalue weighted by atomic mass is 35.5. The van der Waals surface area contributed by atoms with E-state index < -0.39 is 0 Å². The van der Waals surface area contributed by atoms with Gasteiger partial charge in [0.25, 0.3) is 0 Å². The molecule has 2 fully saturated rings. The van der Waals surface area contributed by atoms with E-state index in [0.29, 0.717) is 18.2 Å². The molecule has 2 aliphatic rings. The molecule has 3 rings (SSSR count). The molecule has 2 saturated heterocycles. The molecule has 4 nitrogen and oxygen atoms in total. The fourth-order valence-corrected chi connectivity index (χ4v) is 3.65. The van der Waals surface area contributed by atoms with Crippen molar-refractivity contribution in [2.45, 2.75) is 25.2 Å². The number of nitrogens with zero attached hydrogens (tertiary/aromatic N) is 2. The van der Waals surface area contributed by atoms with Crippen molar-refractivity contribution < 1.29 is 9.53 Å². The lowest BCUT2D eigenvalue weighted by Gasteiger charge is -2.26. The van der Waals surface area contributed by atoms with Gasteiger partial charge in [-0.3, -0.25) is 9.69 Å². The van der Waals surface area contributed by atoms with Crippen molar-refractivity contribution in [3.8, 4) is 0 Å². The summed E-state index contributed by atoms with van der Waals surface area (Å²) in [4.78, 5) is 16.8. The maximum atomic E-state index is 12.4. The zero-order chi connectivity index (χ0) is 16.1.